The molecule has 82 valence electrons. The highest BCUT2D eigenvalue weighted by atomic mass is 79.9. The van der Waals surface area contributed by atoms with Crippen LogP contribution in [0.1, 0.15) is 5.56 Å². The molecule has 0 atom stereocenters. The molecule has 0 aliphatic heterocycles. The maximum absolute atomic E-state index is 5.85. The molecule has 0 bridgehead atoms. The van der Waals surface area contributed by atoms with Crippen LogP contribution in [0.2, 0.25) is 5.02 Å². The van der Waals surface area contributed by atoms with E-state index in [1.54, 1.807) is 12.4 Å². The predicted molar refractivity (Wildman–Crippen MR) is 67.7 cm³/mol. The fourth-order valence-corrected chi connectivity index (χ4v) is 2.03. The minimum Gasteiger partial charge on any atom is -0.487 e. The SMILES string of the molecule is Clc1ccc(COc2cccnc2)c(Br)c1. The Hall–Kier alpha value is -1.06. The summed E-state index contributed by atoms with van der Waals surface area (Å²) in [5.41, 5.74) is 1.05. The van der Waals surface area contributed by atoms with E-state index in [4.69, 9.17) is 16.3 Å². The minimum atomic E-state index is 0.490. The van der Waals surface area contributed by atoms with Gasteiger partial charge >= 0.3 is 0 Å². The Bertz CT molecular complexity index is 476. The molecular formula is C12H9BrClNO. The average Bonchev–Trinajstić information content (AvgIpc) is 2.29. The second-order valence-electron chi connectivity index (χ2n) is 3.21. The molecule has 0 spiro atoms. The summed E-state index contributed by atoms with van der Waals surface area (Å²) in [4.78, 5) is 3.98. The summed E-state index contributed by atoms with van der Waals surface area (Å²) < 4.78 is 6.53. The summed E-state index contributed by atoms with van der Waals surface area (Å²) in [6, 6.07) is 9.34. The van der Waals surface area contributed by atoms with Crippen LogP contribution in [-0.2, 0) is 6.61 Å². The number of nitrogens with zero attached hydrogens (tertiary/aromatic N) is 1. The molecule has 0 amide bonds. The van der Waals surface area contributed by atoms with Crippen LogP contribution in [0.4, 0.5) is 0 Å². The van der Waals surface area contributed by atoms with Crippen LogP contribution in [-0.4, -0.2) is 4.98 Å². The molecule has 0 saturated carbocycles. The fraction of sp³-hybridized carbons (Fsp3) is 0.0833. The van der Waals surface area contributed by atoms with Gasteiger partial charge in [-0.3, -0.25) is 4.98 Å². The smallest absolute Gasteiger partial charge is 0.138 e. The third-order valence-corrected chi connectivity index (χ3v) is 3.02. The van der Waals surface area contributed by atoms with Crippen molar-refractivity contribution in [2.75, 3.05) is 0 Å². The summed E-state index contributed by atoms with van der Waals surface area (Å²) >= 11 is 9.29. The summed E-state index contributed by atoms with van der Waals surface area (Å²) in [5.74, 6) is 0.754. The highest BCUT2D eigenvalue weighted by Crippen LogP contribution is 2.22. The molecular weight excluding hydrogens is 289 g/mol. The van der Waals surface area contributed by atoms with Crippen molar-refractivity contribution in [3.8, 4) is 5.75 Å². The van der Waals surface area contributed by atoms with E-state index in [0.717, 1.165) is 15.8 Å². The van der Waals surface area contributed by atoms with Gasteiger partial charge in [0, 0.05) is 21.3 Å². The summed E-state index contributed by atoms with van der Waals surface area (Å²) in [6.45, 7) is 0.490. The molecule has 1 heterocycles. The Balaban J connectivity index is 2.05. The van der Waals surface area contributed by atoms with Crippen molar-refractivity contribution in [3.05, 3.63) is 57.8 Å². The van der Waals surface area contributed by atoms with Crippen LogP contribution < -0.4 is 4.74 Å². The zero-order valence-corrected chi connectivity index (χ0v) is 10.7. The first-order valence-corrected chi connectivity index (χ1v) is 5.89. The highest BCUT2D eigenvalue weighted by Gasteiger charge is 2.01. The number of ether oxygens (including phenoxy) is 1. The van der Waals surface area contributed by atoms with Crippen molar-refractivity contribution in [3.63, 3.8) is 0 Å². The van der Waals surface area contributed by atoms with Gasteiger partial charge in [-0.15, -0.1) is 0 Å². The molecule has 0 saturated heterocycles. The van der Waals surface area contributed by atoms with Gasteiger partial charge in [0.05, 0.1) is 6.20 Å². The Morgan fingerprint density at radius 3 is 2.88 bits per heavy atom. The van der Waals surface area contributed by atoms with E-state index in [1.165, 1.54) is 0 Å². The van der Waals surface area contributed by atoms with Crippen LogP contribution in [0.5, 0.6) is 5.75 Å². The lowest BCUT2D eigenvalue weighted by atomic mass is 10.2. The number of hydrogen-bond acceptors (Lipinski definition) is 2. The maximum atomic E-state index is 5.85. The predicted octanol–water partition coefficient (Wildman–Crippen LogP) is 4.08. The van der Waals surface area contributed by atoms with Gasteiger partial charge in [-0.05, 0) is 24.3 Å². The number of hydrogen-bond donors (Lipinski definition) is 0. The topological polar surface area (TPSA) is 22.1 Å². The lowest BCUT2D eigenvalue weighted by Gasteiger charge is -2.07. The highest BCUT2D eigenvalue weighted by molar-refractivity contribution is 9.10. The minimum absolute atomic E-state index is 0.490. The van der Waals surface area contributed by atoms with Crippen molar-refractivity contribution in [1.29, 1.82) is 0 Å². The summed E-state index contributed by atoms with van der Waals surface area (Å²) in [5, 5.41) is 0.706. The van der Waals surface area contributed by atoms with Gasteiger partial charge in [-0.2, -0.15) is 0 Å². The standard InChI is InChI=1S/C12H9BrClNO/c13-12-6-10(14)4-3-9(12)8-16-11-2-1-5-15-7-11/h1-7H,8H2. The number of pyridine rings is 1. The van der Waals surface area contributed by atoms with Crippen LogP contribution in [0, 0.1) is 0 Å². The fourth-order valence-electron chi connectivity index (χ4n) is 1.23. The Labute approximate surface area is 107 Å². The number of halogens is 2. The van der Waals surface area contributed by atoms with E-state index in [9.17, 15) is 0 Å². The van der Waals surface area contributed by atoms with Gasteiger partial charge in [-0.25, -0.2) is 0 Å². The third-order valence-electron chi connectivity index (χ3n) is 2.04. The lowest BCUT2D eigenvalue weighted by Crippen LogP contribution is -1.96. The first-order valence-electron chi connectivity index (χ1n) is 4.72. The molecule has 2 aromatic rings. The molecule has 16 heavy (non-hydrogen) atoms. The third kappa shape index (κ3) is 2.97. The quantitative estimate of drug-likeness (QED) is 0.852. The van der Waals surface area contributed by atoms with E-state index in [2.05, 4.69) is 20.9 Å². The van der Waals surface area contributed by atoms with Crippen LogP contribution in [0.15, 0.2) is 47.2 Å². The van der Waals surface area contributed by atoms with Gasteiger partial charge in [0.2, 0.25) is 0 Å². The average molecular weight is 299 g/mol. The zero-order chi connectivity index (χ0) is 11.4. The second-order valence-corrected chi connectivity index (χ2v) is 4.50. The maximum Gasteiger partial charge on any atom is 0.138 e. The van der Waals surface area contributed by atoms with E-state index >= 15 is 0 Å². The monoisotopic (exact) mass is 297 g/mol. The van der Waals surface area contributed by atoms with Crippen LogP contribution >= 0.6 is 27.5 Å². The van der Waals surface area contributed by atoms with Crippen molar-refractivity contribution in [1.82, 2.24) is 4.98 Å². The van der Waals surface area contributed by atoms with Crippen LogP contribution in [0.3, 0.4) is 0 Å². The molecule has 0 unspecified atom stereocenters. The Kier molecular flexibility index (Phi) is 3.80. The zero-order valence-electron chi connectivity index (χ0n) is 8.36. The lowest BCUT2D eigenvalue weighted by molar-refractivity contribution is 0.304. The molecule has 0 fully saturated rings. The second kappa shape index (κ2) is 5.32. The molecule has 0 aliphatic rings. The molecule has 1 aromatic carbocycles. The molecule has 1 aromatic heterocycles. The van der Waals surface area contributed by atoms with E-state index in [-0.39, 0.29) is 0 Å². The van der Waals surface area contributed by atoms with Gasteiger partial charge in [0.15, 0.2) is 0 Å². The molecule has 2 rings (SSSR count). The first kappa shape index (κ1) is 11.4. The normalized spacial score (nSPS) is 10.1. The number of benzene rings is 1. The molecule has 0 aliphatic carbocycles. The first-order chi connectivity index (χ1) is 7.75. The molecule has 4 heteroatoms. The Morgan fingerprint density at radius 2 is 2.19 bits per heavy atom. The largest absolute Gasteiger partial charge is 0.487 e. The number of aromatic nitrogens is 1. The van der Waals surface area contributed by atoms with Gasteiger partial charge in [0.1, 0.15) is 12.4 Å². The summed E-state index contributed by atoms with van der Waals surface area (Å²) in [6.07, 6.45) is 3.40. The molecule has 0 radical (unpaired) electrons. The van der Waals surface area contributed by atoms with E-state index in [1.807, 2.05) is 30.3 Å². The Morgan fingerprint density at radius 1 is 1.31 bits per heavy atom. The van der Waals surface area contributed by atoms with E-state index < -0.39 is 0 Å². The van der Waals surface area contributed by atoms with Crippen molar-refractivity contribution >= 4 is 27.5 Å². The van der Waals surface area contributed by atoms with Crippen molar-refractivity contribution in [2.24, 2.45) is 0 Å². The molecule has 0 N–H and O–H groups in total. The van der Waals surface area contributed by atoms with Crippen molar-refractivity contribution < 1.29 is 4.74 Å². The van der Waals surface area contributed by atoms with E-state index in [0.29, 0.717) is 11.6 Å². The van der Waals surface area contributed by atoms with Crippen molar-refractivity contribution in [2.45, 2.75) is 6.61 Å². The summed E-state index contributed by atoms with van der Waals surface area (Å²) in [7, 11) is 0. The molecule has 2 nitrogen and oxygen atoms in total. The number of rotatable bonds is 3. The van der Waals surface area contributed by atoms with Gasteiger partial charge < -0.3 is 4.74 Å². The van der Waals surface area contributed by atoms with Gasteiger partial charge in [0.25, 0.3) is 0 Å². The van der Waals surface area contributed by atoms with Crippen LogP contribution in [0.25, 0.3) is 0 Å². The van der Waals surface area contributed by atoms with Gasteiger partial charge in [-0.1, -0.05) is 33.6 Å².